The van der Waals surface area contributed by atoms with E-state index in [2.05, 4.69) is 5.32 Å². The number of rotatable bonds is 5. The van der Waals surface area contributed by atoms with Crippen molar-refractivity contribution < 1.29 is 9.90 Å². The Bertz CT molecular complexity index is 1110. The Labute approximate surface area is 158 Å². The SMILES string of the molecule is Cn1ccc2cc(C(O)CNC(=O)Cc3cccc4ccccc34)ccc21. The minimum Gasteiger partial charge on any atom is -0.387 e. The van der Waals surface area contributed by atoms with E-state index in [9.17, 15) is 9.90 Å². The lowest BCUT2D eigenvalue weighted by molar-refractivity contribution is -0.120. The summed E-state index contributed by atoms with van der Waals surface area (Å²) in [6, 6.07) is 21.9. The maximum absolute atomic E-state index is 12.4. The van der Waals surface area contributed by atoms with Crippen LogP contribution in [0.5, 0.6) is 0 Å². The third-order valence-corrected chi connectivity index (χ3v) is 5.02. The highest BCUT2D eigenvalue weighted by atomic mass is 16.3. The third-order valence-electron chi connectivity index (χ3n) is 5.02. The molecule has 0 aliphatic heterocycles. The van der Waals surface area contributed by atoms with Gasteiger partial charge >= 0.3 is 0 Å². The van der Waals surface area contributed by atoms with Gasteiger partial charge in [0.1, 0.15) is 0 Å². The fourth-order valence-electron chi connectivity index (χ4n) is 3.52. The number of hydrogen-bond acceptors (Lipinski definition) is 2. The predicted molar refractivity (Wildman–Crippen MR) is 109 cm³/mol. The normalized spacial score (nSPS) is 12.4. The van der Waals surface area contributed by atoms with Crippen molar-refractivity contribution in [3.63, 3.8) is 0 Å². The van der Waals surface area contributed by atoms with Crippen LogP contribution in [0.3, 0.4) is 0 Å². The number of aliphatic hydroxyl groups is 1. The van der Waals surface area contributed by atoms with Crippen molar-refractivity contribution in [2.24, 2.45) is 7.05 Å². The summed E-state index contributed by atoms with van der Waals surface area (Å²) in [5, 5.41) is 16.6. The molecular formula is C23H22N2O2. The van der Waals surface area contributed by atoms with Crippen molar-refractivity contribution in [2.75, 3.05) is 6.54 Å². The van der Waals surface area contributed by atoms with Crippen molar-refractivity contribution in [3.8, 4) is 0 Å². The molecule has 0 fully saturated rings. The van der Waals surface area contributed by atoms with Crippen LogP contribution in [0.15, 0.2) is 72.9 Å². The number of carbonyl (C=O) groups is 1. The van der Waals surface area contributed by atoms with Gasteiger partial charge in [-0.3, -0.25) is 4.79 Å². The van der Waals surface area contributed by atoms with Crippen LogP contribution in [0, 0.1) is 0 Å². The van der Waals surface area contributed by atoms with Crippen LogP contribution in [0.4, 0.5) is 0 Å². The zero-order valence-corrected chi connectivity index (χ0v) is 15.2. The van der Waals surface area contributed by atoms with Gasteiger partial charge in [0, 0.05) is 25.3 Å². The minimum absolute atomic E-state index is 0.0915. The first kappa shape index (κ1) is 17.3. The van der Waals surface area contributed by atoms with Crippen molar-refractivity contribution in [3.05, 3.63) is 84.1 Å². The van der Waals surface area contributed by atoms with Crippen molar-refractivity contribution in [2.45, 2.75) is 12.5 Å². The maximum atomic E-state index is 12.4. The number of hydrogen-bond donors (Lipinski definition) is 2. The highest BCUT2D eigenvalue weighted by Crippen LogP contribution is 2.21. The Morgan fingerprint density at radius 2 is 1.85 bits per heavy atom. The van der Waals surface area contributed by atoms with Crippen molar-refractivity contribution in [1.82, 2.24) is 9.88 Å². The van der Waals surface area contributed by atoms with Gasteiger partial charge in [-0.2, -0.15) is 0 Å². The van der Waals surface area contributed by atoms with Crippen molar-refractivity contribution in [1.29, 1.82) is 0 Å². The van der Waals surface area contributed by atoms with Gasteiger partial charge in [0.25, 0.3) is 0 Å². The van der Waals surface area contributed by atoms with Gasteiger partial charge in [-0.15, -0.1) is 0 Å². The average molecular weight is 358 g/mol. The molecule has 0 aliphatic carbocycles. The molecule has 0 radical (unpaired) electrons. The van der Waals surface area contributed by atoms with E-state index >= 15 is 0 Å². The molecule has 1 atom stereocenters. The van der Waals surface area contributed by atoms with Crippen LogP contribution in [0.2, 0.25) is 0 Å². The van der Waals surface area contributed by atoms with E-state index < -0.39 is 6.10 Å². The highest BCUT2D eigenvalue weighted by molar-refractivity contribution is 5.90. The van der Waals surface area contributed by atoms with Gasteiger partial charge in [0.15, 0.2) is 0 Å². The van der Waals surface area contributed by atoms with Crippen LogP contribution in [0.25, 0.3) is 21.7 Å². The number of nitrogens with zero attached hydrogens (tertiary/aromatic N) is 1. The molecule has 0 bridgehead atoms. The molecule has 1 aromatic heterocycles. The molecule has 3 aromatic carbocycles. The first-order valence-electron chi connectivity index (χ1n) is 9.08. The van der Waals surface area contributed by atoms with Gasteiger partial charge in [0.05, 0.1) is 12.5 Å². The van der Waals surface area contributed by atoms with Crippen LogP contribution in [-0.4, -0.2) is 22.1 Å². The van der Waals surface area contributed by atoms with Gasteiger partial charge in [-0.1, -0.05) is 48.5 Å². The van der Waals surface area contributed by atoms with Crippen molar-refractivity contribution >= 4 is 27.6 Å². The zero-order chi connectivity index (χ0) is 18.8. The van der Waals surface area contributed by atoms with E-state index in [0.717, 1.165) is 32.8 Å². The number of amides is 1. The summed E-state index contributed by atoms with van der Waals surface area (Å²) >= 11 is 0. The fourth-order valence-corrected chi connectivity index (χ4v) is 3.52. The maximum Gasteiger partial charge on any atom is 0.224 e. The first-order chi connectivity index (χ1) is 13.1. The molecule has 1 unspecified atom stereocenters. The van der Waals surface area contributed by atoms with Crippen LogP contribution < -0.4 is 5.32 Å². The molecule has 4 aromatic rings. The van der Waals surface area contributed by atoms with E-state index in [4.69, 9.17) is 0 Å². The number of fused-ring (bicyclic) bond motifs is 2. The zero-order valence-electron chi connectivity index (χ0n) is 15.2. The Kier molecular flexibility index (Phi) is 4.65. The molecule has 4 nitrogen and oxygen atoms in total. The van der Waals surface area contributed by atoms with Gasteiger partial charge < -0.3 is 15.0 Å². The minimum atomic E-state index is -0.730. The second-order valence-electron chi connectivity index (χ2n) is 6.88. The molecule has 1 heterocycles. The molecule has 0 spiro atoms. The average Bonchev–Trinajstić information content (AvgIpc) is 3.07. The molecule has 136 valence electrons. The summed E-state index contributed by atoms with van der Waals surface area (Å²) in [6.07, 6.45) is 1.56. The Morgan fingerprint density at radius 1 is 1.04 bits per heavy atom. The molecular weight excluding hydrogens is 336 g/mol. The predicted octanol–water partition coefficient (Wildman–Crippen LogP) is 3.72. The Morgan fingerprint density at radius 3 is 2.74 bits per heavy atom. The van der Waals surface area contributed by atoms with Gasteiger partial charge in [-0.05, 0) is 45.5 Å². The summed E-state index contributed by atoms with van der Waals surface area (Å²) < 4.78 is 2.04. The number of benzene rings is 3. The first-order valence-corrected chi connectivity index (χ1v) is 9.08. The van der Waals surface area contributed by atoms with Gasteiger partial charge in [0.2, 0.25) is 5.91 Å². The number of aromatic nitrogens is 1. The van der Waals surface area contributed by atoms with E-state index in [1.54, 1.807) is 0 Å². The summed E-state index contributed by atoms with van der Waals surface area (Å²) in [5.41, 5.74) is 2.91. The summed E-state index contributed by atoms with van der Waals surface area (Å²) in [7, 11) is 1.99. The fraction of sp³-hybridized carbons (Fsp3) is 0.174. The molecule has 27 heavy (non-hydrogen) atoms. The molecule has 2 N–H and O–H groups in total. The lowest BCUT2D eigenvalue weighted by Crippen LogP contribution is -2.29. The highest BCUT2D eigenvalue weighted by Gasteiger charge is 2.12. The second kappa shape index (κ2) is 7.25. The Balaban J connectivity index is 1.42. The van der Waals surface area contributed by atoms with Crippen LogP contribution in [-0.2, 0) is 18.3 Å². The smallest absolute Gasteiger partial charge is 0.224 e. The monoisotopic (exact) mass is 358 g/mol. The van der Waals surface area contributed by atoms with Crippen LogP contribution >= 0.6 is 0 Å². The molecule has 0 aliphatic rings. The molecule has 4 heteroatoms. The summed E-state index contributed by atoms with van der Waals surface area (Å²) in [4.78, 5) is 12.4. The number of carbonyl (C=O) groups excluding carboxylic acids is 1. The largest absolute Gasteiger partial charge is 0.387 e. The van der Waals surface area contributed by atoms with Gasteiger partial charge in [-0.25, -0.2) is 0 Å². The number of aliphatic hydroxyl groups excluding tert-OH is 1. The molecule has 0 saturated carbocycles. The third kappa shape index (κ3) is 3.57. The van der Waals surface area contributed by atoms with E-state index in [0.29, 0.717) is 6.42 Å². The number of aryl methyl sites for hydroxylation is 1. The lowest BCUT2D eigenvalue weighted by Gasteiger charge is -2.13. The standard InChI is InChI=1S/C23H22N2O2/c1-25-12-11-18-13-19(9-10-21(18)25)22(26)15-24-23(27)14-17-7-4-6-16-5-2-3-8-20(16)17/h2-13,22,26H,14-15H2,1H3,(H,24,27). The summed E-state index contributed by atoms with van der Waals surface area (Å²) in [6.45, 7) is 0.196. The molecule has 1 amide bonds. The van der Waals surface area contributed by atoms with E-state index in [-0.39, 0.29) is 12.5 Å². The van der Waals surface area contributed by atoms with E-state index in [1.807, 2.05) is 84.5 Å². The molecule has 0 saturated heterocycles. The number of nitrogens with one attached hydrogen (secondary N) is 1. The summed E-state index contributed by atoms with van der Waals surface area (Å²) in [5.74, 6) is -0.0915. The lowest BCUT2D eigenvalue weighted by atomic mass is 10.0. The second-order valence-corrected chi connectivity index (χ2v) is 6.88. The van der Waals surface area contributed by atoms with Crippen LogP contribution in [0.1, 0.15) is 17.2 Å². The molecule has 4 rings (SSSR count). The Hall–Kier alpha value is -3.11. The topological polar surface area (TPSA) is 54.3 Å². The quantitative estimate of drug-likeness (QED) is 0.571. The van der Waals surface area contributed by atoms with E-state index in [1.165, 1.54) is 0 Å².